The third-order valence-electron chi connectivity index (χ3n) is 3.05. The van der Waals surface area contributed by atoms with Crippen molar-refractivity contribution in [3.63, 3.8) is 0 Å². The molecular formula is C12H16N2O2. The number of carbonyl (C=O) groups is 1. The molecule has 0 aliphatic heterocycles. The Bertz CT molecular complexity index is 367. The van der Waals surface area contributed by atoms with Crippen molar-refractivity contribution in [3.8, 4) is 12.1 Å². The number of nitrogens with zero attached hydrogens (tertiary/aromatic N) is 2. The molecule has 1 aliphatic rings. The normalized spacial score (nSPS) is 26.4. The van der Waals surface area contributed by atoms with Gasteiger partial charge < -0.3 is 4.74 Å². The Morgan fingerprint density at radius 3 is 2.12 bits per heavy atom. The molecule has 0 unspecified atom stereocenters. The molecule has 16 heavy (non-hydrogen) atoms. The fourth-order valence-electron chi connectivity index (χ4n) is 2.43. The Kier molecular flexibility index (Phi) is 2.97. The minimum absolute atomic E-state index is 0.242. The molecule has 0 saturated heterocycles. The topological polar surface area (TPSA) is 73.9 Å². The monoisotopic (exact) mass is 220 g/mol. The van der Waals surface area contributed by atoms with Crippen LogP contribution in [-0.4, -0.2) is 12.6 Å². The fraction of sp³-hybridized carbons (Fsp3) is 0.750. The van der Waals surface area contributed by atoms with Crippen molar-refractivity contribution < 1.29 is 9.53 Å². The van der Waals surface area contributed by atoms with Crippen LogP contribution in [0.1, 0.15) is 27.7 Å². The van der Waals surface area contributed by atoms with E-state index in [2.05, 4.69) is 0 Å². The van der Waals surface area contributed by atoms with Gasteiger partial charge in [-0.05, 0) is 12.3 Å². The quantitative estimate of drug-likeness (QED) is 0.666. The van der Waals surface area contributed by atoms with Crippen molar-refractivity contribution in [1.29, 1.82) is 10.5 Å². The van der Waals surface area contributed by atoms with Crippen molar-refractivity contribution in [2.24, 2.45) is 22.7 Å². The van der Waals surface area contributed by atoms with Gasteiger partial charge in [0.1, 0.15) is 0 Å². The molecule has 0 N–H and O–H groups in total. The first-order chi connectivity index (χ1) is 7.35. The lowest BCUT2D eigenvalue weighted by molar-refractivity contribution is -0.145. The lowest BCUT2D eigenvalue weighted by Gasteiger charge is -2.18. The molecule has 0 bridgehead atoms. The Labute approximate surface area is 95.8 Å². The zero-order valence-electron chi connectivity index (χ0n) is 10.1. The Morgan fingerprint density at radius 2 is 1.88 bits per heavy atom. The number of ether oxygens (including phenoxy) is 1. The van der Waals surface area contributed by atoms with Crippen LogP contribution in [-0.2, 0) is 9.53 Å². The largest absolute Gasteiger partial charge is 0.466 e. The second-order valence-electron chi connectivity index (χ2n) is 5.17. The molecule has 4 heteroatoms. The fourth-order valence-corrected chi connectivity index (χ4v) is 2.43. The summed E-state index contributed by atoms with van der Waals surface area (Å²) in [6.07, 6.45) is 0. The highest BCUT2D eigenvalue weighted by molar-refractivity contribution is 5.80. The van der Waals surface area contributed by atoms with Gasteiger partial charge in [-0.15, -0.1) is 0 Å². The molecule has 1 aliphatic carbocycles. The highest BCUT2D eigenvalue weighted by Crippen LogP contribution is 2.65. The van der Waals surface area contributed by atoms with Gasteiger partial charge in [-0.2, -0.15) is 10.5 Å². The van der Waals surface area contributed by atoms with Crippen LogP contribution in [0, 0.1) is 45.3 Å². The molecule has 0 spiro atoms. The Morgan fingerprint density at radius 1 is 1.38 bits per heavy atom. The summed E-state index contributed by atoms with van der Waals surface area (Å²) in [5.41, 5.74) is -1.44. The van der Waals surface area contributed by atoms with Crippen LogP contribution in [0.25, 0.3) is 0 Å². The third kappa shape index (κ3) is 1.65. The van der Waals surface area contributed by atoms with Crippen LogP contribution in [0.4, 0.5) is 0 Å². The number of esters is 1. The van der Waals surface area contributed by atoms with Crippen LogP contribution in [0.3, 0.4) is 0 Å². The molecule has 4 nitrogen and oxygen atoms in total. The first-order valence-corrected chi connectivity index (χ1v) is 5.34. The molecule has 0 heterocycles. The van der Waals surface area contributed by atoms with E-state index < -0.39 is 17.3 Å². The van der Waals surface area contributed by atoms with Gasteiger partial charge in [0, 0.05) is 5.92 Å². The van der Waals surface area contributed by atoms with Gasteiger partial charge in [-0.3, -0.25) is 4.79 Å². The van der Waals surface area contributed by atoms with Crippen LogP contribution >= 0.6 is 0 Å². The highest BCUT2D eigenvalue weighted by Gasteiger charge is 2.74. The maximum absolute atomic E-state index is 11.7. The summed E-state index contributed by atoms with van der Waals surface area (Å²) in [4.78, 5) is 11.7. The summed E-state index contributed by atoms with van der Waals surface area (Å²) in [6.45, 7) is 7.78. The number of rotatable bonds is 2. The molecule has 0 amide bonds. The molecule has 86 valence electrons. The predicted octanol–water partition coefficient (Wildman–Crippen LogP) is 1.88. The predicted molar refractivity (Wildman–Crippen MR) is 56.7 cm³/mol. The van der Waals surface area contributed by atoms with E-state index in [1.165, 1.54) is 0 Å². The van der Waals surface area contributed by atoms with Gasteiger partial charge in [0.25, 0.3) is 0 Å². The zero-order chi connectivity index (χ0) is 12.6. The Hall–Kier alpha value is -1.55. The van der Waals surface area contributed by atoms with Crippen molar-refractivity contribution in [1.82, 2.24) is 0 Å². The van der Waals surface area contributed by atoms with Gasteiger partial charge >= 0.3 is 5.97 Å². The molecule has 1 fully saturated rings. The van der Waals surface area contributed by atoms with E-state index in [9.17, 15) is 4.79 Å². The molecule has 2 atom stereocenters. The zero-order valence-corrected chi connectivity index (χ0v) is 10.1. The summed E-state index contributed by atoms with van der Waals surface area (Å²) in [5, 5.41) is 18.2. The molecule has 0 aromatic rings. The molecule has 0 radical (unpaired) electrons. The molecule has 0 aromatic heterocycles. The van der Waals surface area contributed by atoms with Gasteiger partial charge in [-0.25, -0.2) is 0 Å². The van der Waals surface area contributed by atoms with E-state index in [4.69, 9.17) is 15.3 Å². The van der Waals surface area contributed by atoms with Gasteiger partial charge in [0.15, 0.2) is 5.41 Å². The van der Waals surface area contributed by atoms with Gasteiger partial charge in [0.2, 0.25) is 0 Å². The smallest absolute Gasteiger partial charge is 0.312 e. The van der Waals surface area contributed by atoms with Crippen LogP contribution in [0.2, 0.25) is 0 Å². The summed E-state index contributed by atoms with van der Waals surface area (Å²) < 4.78 is 4.91. The van der Waals surface area contributed by atoms with E-state index in [-0.39, 0.29) is 17.9 Å². The second-order valence-corrected chi connectivity index (χ2v) is 5.17. The molecule has 1 rings (SSSR count). The summed E-state index contributed by atoms with van der Waals surface area (Å²) >= 11 is 0. The van der Waals surface area contributed by atoms with Crippen LogP contribution in [0.5, 0.6) is 0 Å². The lowest BCUT2D eigenvalue weighted by atomic mass is 9.85. The maximum Gasteiger partial charge on any atom is 0.312 e. The average Bonchev–Trinajstić information content (AvgIpc) is 2.87. The van der Waals surface area contributed by atoms with Crippen molar-refractivity contribution >= 4 is 5.97 Å². The third-order valence-corrected chi connectivity index (χ3v) is 3.05. The van der Waals surface area contributed by atoms with E-state index in [1.807, 2.05) is 32.9 Å². The molecular weight excluding hydrogens is 204 g/mol. The number of hydrogen-bond donors (Lipinski definition) is 0. The van der Waals surface area contributed by atoms with Gasteiger partial charge in [0.05, 0.1) is 24.7 Å². The minimum atomic E-state index is -1.19. The number of nitriles is 2. The van der Waals surface area contributed by atoms with Crippen LogP contribution < -0.4 is 0 Å². The Balaban J connectivity index is 3.00. The van der Waals surface area contributed by atoms with E-state index in [0.29, 0.717) is 0 Å². The number of carbonyl (C=O) groups excluding carboxylic acids is 1. The summed E-state index contributed by atoms with van der Waals surface area (Å²) in [7, 11) is 0. The average molecular weight is 220 g/mol. The first-order valence-electron chi connectivity index (χ1n) is 5.34. The van der Waals surface area contributed by atoms with Crippen LogP contribution in [0.15, 0.2) is 0 Å². The molecule has 0 aromatic carbocycles. The van der Waals surface area contributed by atoms with E-state index in [1.54, 1.807) is 6.92 Å². The maximum atomic E-state index is 11.7. The van der Waals surface area contributed by atoms with E-state index >= 15 is 0 Å². The first kappa shape index (κ1) is 12.5. The second kappa shape index (κ2) is 3.79. The van der Waals surface area contributed by atoms with Gasteiger partial charge in [-0.1, -0.05) is 20.8 Å². The summed E-state index contributed by atoms with van der Waals surface area (Å²) in [6, 6.07) is 3.97. The number of hydrogen-bond acceptors (Lipinski definition) is 4. The molecule has 1 saturated carbocycles. The standard InChI is InChI=1S/C12H16N2O2/c1-5-16-10(15)8-9(11(2,3)4)12(8,6-13)7-14/h8-9H,5H2,1-4H3/t8-,9-/m0/s1. The van der Waals surface area contributed by atoms with E-state index in [0.717, 1.165) is 0 Å². The SMILES string of the molecule is CCOC(=O)[C@@H]1[C@@H](C(C)(C)C)C1(C#N)C#N. The highest BCUT2D eigenvalue weighted by atomic mass is 16.5. The van der Waals surface area contributed by atoms with Crippen molar-refractivity contribution in [2.45, 2.75) is 27.7 Å². The summed E-state index contributed by atoms with van der Waals surface area (Å²) in [5.74, 6) is -1.26. The minimum Gasteiger partial charge on any atom is -0.466 e. The van der Waals surface area contributed by atoms with Crippen molar-refractivity contribution in [2.75, 3.05) is 6.61 Å². The van der Waals surface area contributed by atoms with Crippen molar-refractivity contribution in [3.05, 3.63) is 0 Å². The lowest BCUT2D eigenvalue weighted by Crippen LogP contribution is -2.15.